The molecule has 1 saturated heterocycles. The van der Waals surface area contributed by atoms with Gasteiger partial charge in [0.2, 0.25) is 5.91 Å². The largest absolute Gasteiger partial charge is 0.340 e. The van der Waals surface area contributed by atoms with E-state index in [0.717, 1.165) is 32.6 Å². The lowest BCUT2D eigenvalue weighted by atomic mass is 10.2. The van der Waals surface area contributed by atoms with E-state index < -0.39 is 0 Å². The van der Waals surface area contributed by atoms with E-state index in [4.69, 9.17) is 0 Å². The third-order valence-electron chi connectivity index (χ3n) is 3.80. The molecule has 1 fully saturated rings. The minimum absolute atomic E-state index is 0.200. The van der Waals surface area contributed by atoms with Gasteiger partial charge in [-0.05, 0) is 43.5 Å². The Morgan fingerprint density at radius 3 is 2.76 bits per heavy atom. The van der Waals surface area contributed by atoms with Crippen molar-refractivity contribution in [2.75, 3.05) is 46.0 Å². The van der Waals surface area contributed by atoms with Gasteiger partial charge in [0.05, 0.1) is 6.54 Å². The molecule has 1 aromatic rings. The first-order valence-corrected chi connectivity index (χ1v) is 8.71. The van der Waals surface area contributed by atoms with Gasteiger partial charge in [-0.2, -0.15) is 0 Å². The number of hydrogen-bond acceptors (Lipinski definition) is 4. The van der Waals surface area contributed by atoms with Crippen LogP contribution >= 0.6 is 11.8 Å². The zero-order valence-electron chi connectivity index (χ0n) is 13.0. The fourth-order valence-corrected chi connectivity index (χ4v) is 2.87. The molecule has 116 valence electrons. The van der Waals surface area contributed by atoms with Crippen LogP contribution in [0.4, 0.5) is 0 Å². The van der Waals surface area contributed by atoms with Crippen molar-refractivity contribution in [3.05, 3.63) is 29.8 Å². The number of thioether (sulfide) groups is 1. The van der Waals surface area contributed by atoms with Gasteiger partial charge in [-0.15, -0.1) is 11.8 Å². The first kappa shape index (κ1) is 16.3. The number of carbonyl (C=O) groups is 1. The van der Waals surface area contributed by atoms with Gasteiger partial charge in [0.1, 0.15) is 0 Å². The van der Waals surface area contributed by atoms with Gasteiger partial charge in [-0.1, -0.05) is 12.1 Å². The molecule has 0 unspecified atom stereocenters. The molecule has 1 aliphatic heterocycles. The van der Waals surface area contributed by atoms with Crippen molar-refractivity contribution in [1.82, 2.24) is 15.1 Å². The molecule has 1 N–H and O–H groups in total. The molecule has 1 amide bonds. The summed E-state index contributed by atoms with van der Waals surface area (Å²) in [7, 11) is 1.89. The van der Waals surface area contributed by atoms with Gasteiger partial charge >= 0.3 is 0 Å². The highest BCUT2D eigenvalue weighted by Crippen LogP contribution is 2.15. The monoisotopic (exact) mass is 307 g/mol. The van der Waals surface area contributed by atoms with Gasteiger partial charge < -0.3 is 10.2 Å². The van der Waals surface area contributed by atoms with Gasteiger partial charge in [-0.3, -0.25) is 9.69 Å². The molecule has 21 heavy (non-hydrogen) atoms. The van der Waals surface area contributed by atoms with Crippen molar-refractivity contribution in [3.63, 3.8) is 0 Å². The predicted octanol–water partition coefficient (Wildman–Crippen LogP) is 1.66. The lowest BCUT2D eigenvalue weighted by Crippen LogP contribution is -2.39. The highest BCUT2D eigenvalue weighted by molar-refractivity contribution is 7.98. The number of nitrogens with zero attached hydrogens (tertiary/aromatic N) is 2. The Labute approximate surface area is 131 Å². The first-order valence-electron chi connectivity index (χ1n) is 7.49. The summed E-state index contributed by atoms with van der Waals surface area (Å²) in [6.07, 6.45) is 3.19. The number of amides is 1. The number of carbonyl (C=O) groups excluding carboxylic acids is 1. The van der Waals surface area contributed by atoms with Gasteiger partial charge in [0.25, 0.3) is 0 Å². The molecule has 0 saturated carbocycles. The Bertz CT molecular complexity index is 441. The smallest absolute Gasteiger partial charge is 0.236 e. The average Bonchev–Trinajstić information content (AvgIpc) is 2.76. The van der Waals surface area contributed by atoms with Crippen molar-refractivity contribution >= 4 is 17.7 Å². The Morgan fingerprint density at radius 1 is 1.29 bits per heavy atom. The van der Waals surface area contributed by atoms with Crippen LogP contribution in [0.15, 0.2) is 29.2 Å². The third kappa shape index (κ3) is 5.34. The fourth-order valence-electron chi connectivity index (χ4n) is 2.46. The van der Waals surface area contributed by atoms with Crippen molar-refractivity contribution in [3.8, 4) is 0 Å². The summed E-state index contributed by atoms with van der Waals surface area (Å²) in [5, 5.41) is 3.36. The van der Waals surface area contributed by atoms with Crippen LogP contribution in [0.2, 0.25) is 0 Å². The minimum atomic E-state index is 0.200. The molecule has 1 aromatic carbocycles. The summed E-state index contributed by atoms with van der Waals surface area (Å²) in [5.41, 5.74) is 1.18. The second-order valence-corrected chi connectivity index (χ2v) is 6.36. The Morgan fingerprint density at radius 2 is 2.05 bits per heavy atom. The molecule has 1 heterocycles. The fraction of sp³-hybridized carbons (Fsp3) is 0.562. The second kappa shape index (κ2) is 8.41. The van der Waals surface area contributed by atoms with Crippen LogP contribution in [-0.2, 0) is 11.3 Å². The van der Waals surface area contributed by atoms with Crippen LogP contribution in [0.3, 0.4) is 0 Å². The van der Waals surface area contributed by atoms with Crippen molar-refractivity contribution in [2.24, 2.45) is 0 Å². The topological polar surface area (TPSA) is 35.6 Å². The molecule has 0 atom stereocenters. The summed E-state index contributed by atoms with van der Waals surface area (Å²) < 4.78 is 0. The van der Waals surface area contributed by atoms with E-state index in [1.165, 1.54) is 10.5 Å². The van der Waals surface area contributed by atoms with Crippen molar-refractivity contribution < 1.29 is 4.79 Å². The summed E-state index contributed by atoms with van der Waals surface area (Å²) in [5.74, 6) is 0.200. The van der Waals surface area contributed by atoms with Crippen LogP contribution in [0.25, 0.3) is 0 Å². The number of rotatable bonds is 5. The molecule has 4 nitrogen and oxygen atoms in total. The molecule has 0 spiro atoms. The lowest BCUT2D eigenvalue weighted by Gasteiger charge is -2.23. The van der Waals surface area contributed by atoms with Crippen molar-refractivity contribution in [1.29, 1.82) is 0 Å². The van der Waals surface area contributed by atoms with E-state index in [1.807, 2.05) is 11.9 Å². The van der Waals surface area contributed by atoms with E-state index in [-0.39, 0.29) is 5.91 Å². The van der Waals surface area contributed by atoms with Gasteiger partial charge in [-0.25, -0.2) is 0 Å². The van der Waals surface area contributed by atoms with Gasteiger partial charge in [0, 0.05) is 31.6 Å². The van der Waals surface area contributed by atoms with Crippen LogP contribution in [0.1, 0.15) is 12.0 Å². The third-order valence-corrected chi connectivity index (χ3v) is 4.54. The quantitative estimate of drug-likeness (QED) is 0.839. The number of benzene rings is 1. The predicted molar refractivity (Wildman–Crippen MR) is 88.6 cm³/mol. The number of hydrogen-bond donors (Lipinski definition) is 1. The molecular weight excluding hydrogens is 282 g/mol. The second-order valence-electron chi connectivity index (χ2n) is 5.48. The normalized spacial score (nSPS) is 16.5. The Kier molecular flexibility index (Phi) is 6.54. The van der Waals surface area contributed by atoms with Crippen LogP contribution in [0.5, 0.6) is 0 Å². The Balaban J connectivity index is 1.83. The molecular formula is C16H25N3OS. The standard InChI is InChI=1S/C16H25N3OS/c1-18(12-14-4-6-15(21-2)7-5-14)16(20)13-19-10-3-8-17-9-11-19/h4-7,17H,3,8-13H2,1-2H3. The molecule has 2 rings (SSSR count). The Hall–Kier alpha value is -1.04. The zero-order chi connectivity index (χ0) is 15.1. The van der Waals surface area contributed by atoms with E-state index in [2.05, 4.69) is 40.7 Å². The van der Waals surface area contributed by atoms with Crippen LogP contribution in [-0.4, -0.2) is 61.7 Å². The highest BCUT2D eigenvalue weighted by Gasteiger charge is 2.15. The van der Waals surface area contributed by atoms with Crippen LogP contribution < -0.4 is 5.32 Å². The average molecular weight is 307 g/mol. The molecule has 1 aliphatic rings. The summed E-state index contributed by atoms with van der Waals surface area (Å²) in [6, 6.07) is 8.43. The number of likely N-dealkylation sites (N-methyl/N-ethyl adjacent to an activating group) is 1. The molecule has 0 aromatic heterocycles. The summed E-state index contributed by atoms with van der Waals surface area (Å²) >= 11 is 1.73. The first-order chi connectivity index (χ1) is 10.2. The maximum Gasteiger partial charge on any atom is 0.236 e. The maximum atomic E-state index is 12.3. The molecule has 5 heteroatoms. The van der Waals surface area contributed by atoms with E-state index >= 15 is 0 Å². The molecule has 0 bridgehead atoms. The van der Waals surface area contributed by atoms with E-state index in [0.29, 0.717) is 13.1 Å². The summed E-state index contributed by atoms with van der Waals surface area (Å²) in [4.78, 5) is 17.6. The van der Waals surface area contributed by atoms with E-state index in [9.17, 15) is 4.79 Å². The maximum absolute atomic E-state index is 12.3. The SMILES string of the molecule is CSc1ccc(CN(C)C(=O)CN2CCCNCC2)cc1. The molecule has 0 radical (unpaired) electrons. The zero-order valence-corrected chi connectivity index (χ0v) is 13.8. The van der Waals surface area contributed by atoms with E-state index in [1.54, 1.807) is 11.8 Å². The minimum Gasteiger partial charge on any atom is -0.340 e. The molecule has 0 aliphatic carbocycles. The van der Waals surface area contributed by atoms with Crippen molar-refractivity contribution in [2.45, 2.75) is 17.9 Å². The lowest BCUT2D eigenvalue weighted by molar-refractivity contribution is -0.131. The summed E-state index contributed by atoms with van der Waals surface area (Å²) in [6.45, 7) is 5.22. The highest BCUT2D eigenvalue weighted by atomic mass is 32.2. The van der Waals surface area contributed by atoms with Crippen LogP contribution in [0, 0.1) is 0 Å². The van der Waals surface area contributed by atoms with Gasteiger partial charge in [0.15, 0.2) is 0 Å². The number of nitrogens with one attached hydrogen (secondary N) is 1.